The highest BCUT2D eigenvalue weighted by atomic mass is 14.9. The standard InChI is InChI=1S/C14H22N2/c1-10-6-7-11(2)14(8-10)16-13-5-3-4-12(13)9-15/h6-8,12-13,16H,3-5,9,15H2,1-2H3. The van der Waals surface area contributed by atoms with Gasteiger partial charge in [-0.2, -0.15) is 0 Å². The van der Waals surface area contributed by atoms with Crippen LogP contribution in [0.25, 0.3) is 0 Å². The van der Waals surface area contributed by atoms with Crippen molar-refractivity contribution in [1.29, 1.82) is 0 Å². The second-order valence-electron chi connectivity index (χ2n) is 5.00. The van der Waals surface area contributed by atoms with Gasteiger partial charge in [0.05, 0.1) is 0 Å². The molecule has 88 valence electrons. The van der Waals surface area contributed by atoms with Crippen LogP contribution in [0.1, 0.15) is 30.4 Å². The molecular weight excluding hydrogens is 196 g/mol. The van der Waals surface area contributed by atoms with Crippen molar-refractivity contribution in [3.8, 4) is 0 Å². The summed E-state index contributed by atoms with van der Waals surface area (Å²) in [6, 6.07) is 7.16. The van der Waals surface area contributed by atoms with Gasteiger partial charge in [0.15, 0.2) is 0 Å². The minimum Gasteiger partial charge on any atom is -0.382 e. The van der Waals surface area contributed by atoms with Crippen molar-refractivity contribution in [3.05, 3.63) is 29.3 Å². The SMILES string of the molecule is Cc1ccc(C)c(NC2CCCC2CN)c1. The molecule has 1 saturated carbocycles. The first kappa shape index (κ1) is 11.5. The number of aryl methyl sites for hydroxylation is 2. The Morgan fingerprint density at radius 1 is 1.31 bits per heavy atom. The monoisotopic (exact) mass is 218 g/mol. The fraction of sp³-hybridized carbons (Fsp3) is 0.571. The summed E-state index contributed by atoms with van der Waals surface area (Å²) in [7, 11) is 0. The lowest BCUT2D eigenvalue weighted by Gasteiger charge is -2.22. The minimum atomic E-state index is 0.575. The Hall–Kier alpha value is -1.02. The molecule has 1 fully saturated rings. The first-order valence-corrected chi connectivity index (χ1v) is 6.24. The molecule has 2 heteroatoms. The van der Waals surface area contributed by atoms with E-state index in [-0.39, 0.29) is 0 Å². The number of benzene rings is 1. The van der Waals surface area contributed by atoms with Crippen molar-refractivity contribution in [1.82, 2.24) is 0 Å². The van der Waals surface area contributed by atoms with E-state index in [4.69, 9.17) is 5.73 Å². The normalized spacial score (nSPS) is 24.7. The summed E-state index contributed by atoms with van der Waals surface area (Å²) in [5.41, 5.74) is 9.73. The van der Waals surface area contributed by atoms with Gasteiger partial charge in [-0.15, -0.1) is 0 Å². The molecule has 0 bridgehead atoms. The van der Waals surface area contributed by atoms with Gasteiger partial charge in [0.1, 0.15) is 0 Å². The van der Waals surface area contributed by atoms with Crippen LogP contribution in [0.4, 0.5) is 5.69 Å². The predicted octanol–water partition coefficient (Wildman–Crippen LogP) is 2.84. The summed E-state index contributed by atoms with van der Waals surface area (Å²) >= 11 is 0. The van der Waals surface area contributed by atoms with Crippen LogP contribution in [0.3, 0.4) is 0 Å². The van der Waals surface area contributed by atoms with Crippen LogP contribution in [0.2, 0.25) is 0 Å². The van der Waals surface area contributed by atoms with Gasteiger partial charge in [0.25, 0.3) is 0 Å². The summed E-state index contributed by atoms with van der Waals surface area (Å²) in [4.78, 5) is 0. The van der Waals surface area contributed by atoms with Crippen LogP contribution in [-0.2, 0) is 0 Å². The molecule has 0 heterocycles. The molecule has 1 aromatic carbocycles. The van der Waals surface area contributed by atoms with Gasteiger partial charge in [-0.25, -0.2) is 0 Å². The van der Waals surface area contributed by atoms with E-state index in [1.165, 1.54) is 36.1 Å². The molecular formula is C14H22N2. The maximum absolute atomic E-state index is 5.81. The largest absolute Gasteiger partial charge is 0.382 e. The molecule has 0 aliphatic heterocycles. The Bertz CT molecular complexity index is 360. The molecule has 16 heavy (non-hydrogen) atoms. The van der Waals surface area contributed by atoms with Crippen LogP contribution in [0.5, 0.6) is 0 Å². The highest BCUT2D eigenvalue weighted by Crippen LogP contribution is 2.29. The zero-order valence-electron chi connectivity index (χ0n) is 10.3. The van der Waals surface area contributed by atoms with Crippen LogP contribution in [-0.4, -0.2) is 12.6 Å². The molecule has 0 aromatic heterocycles. The summed E-state index contributed by atoms with van der Waals surface area (Å²) < 4.78 is 0. The van der Waals surface area contributed by atoms with Crippen molar-refractivity contribution in [2.24, 2.45) is 11.7 Å². The molecule has 0 radical (unpaired) electrons. The predicted molar refractivity (Wildman–Crippen MR) is 69.7 cm³/mol. The third-order valence-electron chi connectivity index (χ3n) is 3.70. The molecule has 2 rings (SSSR count). The van der Waals surface area contributed by atoms with Gasteiger partial charge < -0.3 is 11.1 Å². The lowest BCUT2D eigenvalue weighted by molar-refractivity contribution is 0.516. The van der Waals surface area contributed by atoms with E-state index in [0.29, 0.717) is 12.0 Å². The first-order chi connectivity index (χ1) is 7.70. The molecule has 2 unspecified atom stereocenters. The van der Waals surface area contributed by atoms with E-state index in [9.17, 15) is 0 Å². The number of rotatable bonds is 3. The first-order valence-electron chi connectivity index (χ1n) is 6.24. The summed E-state index contributed by atoms with van der Waals surface area (Å²) in [6.45, 7) is 5.11. The topological polar surface area (TPSA) is 38.0 Å². The second-order valence-corrected chi connectivity index (χ2v) is 5.00. The average Bonchev–Trinajstić information content (AvgIpc) is 2.71. The molecule has 0 saturated heterocycles. The van der Waals surface area contributed by atoms with Gasteiger partial charge >= 0.3 is 0 Å². The number of anilines is 1. The Labute approximate surface area is 98.2 Å². The quantitative estimate of drug-likeness (QED) is 0.818. The van der Waals surface area contributed by atoms with Gasteiger partial charge in [0, 0.05) is 11.7 Å². The van der Waals surface area contributed by atoms with Crippen molar-refractivity contribution < 1.29 is 0 Å². The van der Waals surface area contributed by atoms with Crippen molar-refractivity contribution in [2.45, 2.75) is 39.2 Å². The Morgan fingerprint density at radius 3 is 2.88 bits per heavy atom. The molecule has 0 amide bonds. The fourth-order valence-electron chi connectivity index (χ4n) is 2.60. The second kappa shape index (κ2) is 4.88. The van der Waals surface area contributed by atoms with E-state index in [2.05, 4.69) is 37.4 Å². The zero-order chi connectivity index (χ0) is 11.5. The minimum absolute atomic E-state index is 0.575. The third-order valence-corrected chi connectivity index (χ3v) is 3.70. The molecule has 1 aliphatic carbocycles. The van der Waals surface area contributed by atoms with Gasteiger partial charge in [-0.3, -0.25) is 0 Å². The highest BCUT2D eigenvalue weighted by molar-refractivity contribution is 5.53. The van der Waals surface area contributed by atoms with E-state index < -0.39 is 0 Å². The molecule has 2 atom stereocenters. The summed E-state index contributed by atoms with van der Waals surface area (Å²) in [5, 5.41) is 3.67. The van der Waals surface area contributed by atoms with Gasteiger partial charge in [0.2, 0.25) is 0 Å². The molecule has 3 N–H and O–H groups in total. The Balaban J connectivity index is 2.11. The van der Waals surface area contributed by atoms with Gasteiger partial charge in [-0.05, 0) is 56.3 Å². The number of nitrogens with two attached hydrogens (primary N) is 1. The van der Waals surface area contributed by atoms with Crippen LogP contribution in [0.15, 0.2) is 18.2 Å². The third kappa shape index (κ3) is 2.38. The zero-order valence-corrected chi connectivity index (χ0v) is 10.3. The van der Waals surface area contributed by atoms with Crippen molar-refractivity contribution in [3.63, 3.8) is 0 Å². The van der Waals surface area contributed by atoms with Crippen molar-refractivity contribution in [2.75, 3.05) is 11.9 Å². The maximum Gasteiger partial charge on any atom is 0.0374 e. The molecule has 0 spiro atoms. The molecule has 1 aliphatic rings. The maximum atomic E-state index is 5.81. The lowest BCUT2D eigenvalue weighted by Crippen LogP contribution is -2.29. The molecule has 2 nitrogen and oxygen atoms in total. The number of hydrogen-bond acceptors (Lipinski definition) is 2. The van der Waals surface area contributed by atoms with E-state index in [0.717, 1.165) is 6.54 Å². The summed E-state index contributed by atoms with van der Waals surface area (Å²) in [6.07, 6.45) is 3.85. The van der Waals surface area contributed by atoms with Crippen molar-refractivity contribution >= 4 is 5.69 Å². The molecule has 1 aromatic rings. The van der Waals surface area contributed by atoms with Crippen LogP contribution >= 0.6 is 0 Å². The lowest BCUT2D eigenvalue weighted by atomic mass is 10.0. The smallest absolute Gasteiger partial charge is 0.0374 e. The fourth-order valence-corrected chi connectivity index (χ4v) is 2.60. The number of hydrogen-bond donors (Lipinski definition) is 2. The van der Waals surface area contributed by atoms with Crippen LogP contribution in [0, 0.1) is 19.8 Å². The summed E-state index contributed by atoms with van der Waals surface area (Å²) in [5.74, 6) is 0.653. The van der Waals surface area contributed by atoms with E-state index in [1.54, 1.807) is 0 Å². The number of nitrogens with one attached hydrogen (secondary N) is 1. The average molecular weight is 218 g/mol. The van der Waals surface area contributed by atoms with Gasteiger partial charge in [-0.1, -0.05) is 18.6 Å². The Kier molecular flexibility index (Phi) is 3.49. The van der Waals surface area contributed by atoms with E-state index >= 15 is 0 Å². The van der Waals surface area contributed by atoms with Crippen LogP contribution < -0.4 is 11.1 Å². The highest BCUT2D eigenvalue weighted by Gasteiger charge is 2.25. The Morgan fingerprint density at radius 2 is 2.12 bits per heavy atom. The van der Waals surface area contributed by atoms with E-state index in [1.807, 2.05) is 0 Å².